The monoisotopic (exact) mass is 384 g/mol. The largest absolute Gasteiger partial charge is 0.465 e. The number of nitrogens with one attached hydrogen (secondary N) is 1. The number of rotatable bonds is 6. The number of fused-ring (bicyclic) bond motifs is 1. The predicted octanol–water partition coefficient (Wildman–Crippen LogP) is 2.85. The molecular formula is C20H20N2O4S. The van der Waals surface area contributed by atoms with E-state index in [1.54, 1.807) is 54.7 Å². The number of methoxy groups -OCH3 is 1. The fourth-order valence-electron chi connectivity index (χ4n) is 2.85. The lowest BCUT2D eigenvalue weighted by Crippen LogP contribution is -2.26. The Labute approximate surface area is 158 Å². The van der Waals surface area contributed by atoms with Gasteiger partial charge in [0.25, 0.3) is 0 Å². The molecular weight excluding hydrogens is 364 g/mol. The highest BCUT2D eigenvalue weighted by atomic mass is 32.2. The molecule has 7 heteroatoms. The number of hydrogen-bond donors (Lipinski definition) is 1. The number of aryl methyl sites for hydroxylation is 1. The van der Waals surface area contributed by atoms with E-state index < -0.39 is 16.0 Å². The lowest BCUT2D eigenvalue weighted by atomic mass is 10.1. The van der Waals surface area contributed by atoms with Gasteiger partial charge in [0.05, 0.1) is 23.1 Å². The lowest BCUT2D eigenvalue weighted by molar-refractivity contribution is 0.0600. The molecule has 140 valence electrons. The highest BCUT2D eigenvalue weighted by Gasteiger charge is 2.18. The number of hydrogen-bond acceptors (Lipinski definition) is 5. The highest BCUT2D eigenvalue weighted by Crippen LogP contribution is 2.24. The third-order valence-corrected chi connectivity index (χ3v) is 5.82. The van der Waals surface area contributed by atoms with Crippen molar-refractivity contribution in [1.29, 1.82) is 0 Å². The average molecular weight is 384 g/mol. The van der Waals surface area contributed by atoms with Crippen LogP contribution in [0.1, 0.15) is 21.5 Å². The maximum absolute atomic E-state index is 12.7. The van der Waals surface area contributed by atoms with Gasteiger partial charge in [0, 0.05) is 18.1 Å². The van der Waals surface area contributed by atoms with E-state index in [0.29, 0.717) is 22.9 Å². The molecule has 0 aliphatic heterocycles. The molecule has 0 spiro atoms. The van der Waals surface area contributed by atoms with Crippen LogP contribution in [0.25, 0.3) is 10.9 Å². The van der Waals surface area contributed by atoms with E-state index in [4.69, 9.17) is 0 Å². The minimum absolute atomic E-state index is 0.220. The number of esters is 1. The molecule has 6 nitrogen and oxygen atoms in total. The number of aromatic nitrogens is 1. The van der Waals surface area contributed by atoms with E-state index in [2.05, 4.69) is 14.4 Å². The second kappa shape index (κ2) is 7.85. The van der Waals surface area contributed by atoms with Gasteiger partial charge in [0.15, 0.2) is 0 Å². The van der Waals surface area contributed by atoms with E-state index in [0.717, 1.165) is 11.1 Å². The van der Waals surface area contributed by atoms with Crippen molar-refractivity contribution in [3.63, 3.8) is 0 Å². The second-order valence-electron chi connectivity index (χ2n) is 6.12. The van der Waals surface area contributed by atoms with Crippen molar-refractivity contribution in [3.8, 4) is 0 Å². The quantitative estimate of drug-likeness (QED) is 0.661. The number of sulfonamides is 1. The Morgan fingerprint density at radius 1 is 1.11 bits per heavy atom. The molecule has 1 N–H and O–H groups in total. The molecule has 0 aliphatic carbocycles. The van der Waals surface area contributed by atoms with Crippen LogP contribution in [0, 0.1) is 6.92 Å². The number of benzene rings is 2. The summed E-state index contributed by atoms with van der Waals surface area (Å²) in [5.74, 6) is -0.401. The lowest BCUT2D eigenvalue weighted by Gasteiger charge is -2.11. The molecule has 1 heterocycles. The van der Waals surface area contributed by atoms with Gasteiger partial charge in [-0.3, -0.25) is 4.98 Å². The van der Waals surface area contributed by atoms with Crippen LogP contribution in [0.15, 0.2) is 59.6 Å². The van der Waals surface area contributed by atoms with Crippen LogP contribution in [0.4, 0.5) is 0 Å². The van der Waals surface area contributed by atoms with Crippen molar-refractivity contribution in [1.82, 2.24) is 9.71 Å². The fraction of sp³-hybridized carbons (Fsp3) is 0.200. The summed E-state index contributed by atoms with van der Waals surface area (Å²) in [6, 6.07) is 13.7. The van der Waals surface area contributed by atoms with Gasteiger partial charge in [-0.05, 0) is 54.8 Å². The Bertz CT molecular complexity index is 1080. The molecule has 27 heavy (non-hydrogen) atoms. The van der Waals surface area contributed by atoms with E-state index in [1.807, 2.05) is 6.92 Å². The van der Waals surface area contributed by atoms with Gasteiger partial charge in [0.2, 0.25) is 10.0 Å². The van der Waals surface area contributed by atoms with Gasteiger partial charge in [-0.15, -0.1) is 0 Å². The summed E-state index contributed by atoms with van der Waals surface area (Å²) < 4.78 is 32.8. The number of pyridine rings is 1. The van der Waals surface area contributed by atoms with Gasteiger partial charge in [-0.2, -0.15) is 0 Å². The summed E-state index contributed by atoms with van der Waals surface area (Å²) in [7, 11) is -2.33. The summed E-state index contributed by atoms with van der Waals surface area (Å²) in [4.78, 5) is 15.9. The molecule has 1 aromatic heterocycles. The number of carbonyl (C=O) groups is 1. The van der Waals surface area contributed by atoms with Crippen LogP contribution >= 0.6 is 0 Å². The maximum Gasteiger partial charge on any atom is 0.337 e. The summed E-state index contributed by atoms with van der Waals surface area (Å²) >= 11 is 0. The minimum Gasteiger partial charge on any atom is -0.465 e. The second-order valence-corrected chi connectivity index (χ2v) is 7.85. The maximum atomic E-state index is 12.7. The number of ether oxygens (including phenoxy) is 1. The fourth-order valence-corrected chi connectivity index (χ4v) is 4.08. The van der Waals surface area contributed by atoms with Crippen LogP contribution in [0.3, 0.4) is 0 Å². The Balaban J connectivity index is 1.73. The third-order valence-electron chi connectivity index (χ3n) is 4.30. The topological polar surface area (TPSA) is 85.4 Å². The zero-order chi connectivity index (χ0) is 19.4. The molecule has 3 rings (SSSR count). The van der Waals surface area contributed by atoms with Crippen molar-refractivity contribution in [2.45, 2.75) is 18.2 Å². The summed E-state index contributed by atoms with van der Waals surface area (Å²) in [6.45, 7) is 2.15. The van der Waals surface area contributed by atoms with Crippen molar-refractivity contribution in [2.24, 2.45) is 0 Å². The molecule has 0 saturated carbocycles. The van der Waals surface area contributed by atoms with E-state index >= 15 is 0 Å². The van der Waals surface area contributed by atoms with Crippen molar-refractivity contribution < 1.29 is 17.9 Å². The zero-order valence-electron chi connectivity index (χ0n) is 15.1. The number of carbonyl (C=O) groups excluding carboxylic acids is 1. The van der Waals surface area contributed by atoms with Gasteiger partial charge in [-0.25, -0.2) is 17.9 Å². The van der Waals surface area contributed by atoms with Crippen molar-refractivity contribution >= 4 is 26.9 Å². The summed E-state index contributed by atoms with van der Waals surface area (Å²) in [5.41, 5.74) is 2.98. The Morgan fingerprint density at radius 3 is 2.56 bits per heavy atom. The predicted molar refractivity (Wildman–Crippen MR) is 103 cm³/mol. The molecule has 0 saturated heterocycles. The van der Waals surface area contributed by atoms with Crippen LogP contribution < -0.4 is 4.72 Å². The molecule has 2 aromatic carbocycles. The zero-order valence-corrected chi connectivity index (χ0v) is 15.9. The molecule has 0 fully saturated rings. The van der Waals surface area contributed by atoms with E-state index in [-0.39, 0.29) is 11.4 Å². The van der Waals surface area contributed by atoms with Crippen molar-refractivity contribution in [3.05, 3.63) is 71.4 Å². The first-order valence-electron chi connectivity index (χ1n) is 8.43. The SMILES string of the molecule is COC(=O)c1ccc(CCNS(=O)(=O)c2ccc(C)c3ncccc23)cc1. The van der Waals surface area contributed by atoms with Crippen LogP contribution in [0.5, 0.6) is 0 Å². The van der Waals surface area contributed by atoms with Crippen LogP contribution in [-0.2, 0) is 21.2 Å². The first kappa shape index (κ1) is 19.0. The first-order chi connectivity index (χ1) is 12.9. The Hall–Kier alpha value is -2.77. The molecule has 0 unspecified atom stereocenters. The van der Waals surface area contributed by atoms with Crippen LogP contribution in [-0.4, -0.2) is 33.0 Å². The molecule has 3 aromatic rings. The average Bonchev–Trinajstić information content (AvgIpc) is 2.68. The van der Waals surface area contributed by atoms with E-state index in [9.17, 15) is 13.2 Å². The molecule has 0 bridgehead atoms. The molecule has 0 amide bonds. The smallest absolute Gasteiger partial charge is 0.337 e. The Morgan fingerprint density at radius 2 is 1.85 bits per heavy atom. The Kier molecular flexibility index (Phi) is 5.53. The van der Waals surface area contributed by atoms with Crippen LogP contribution in [0.2, 0.25) is 0 Å². The summed E-state index contributed by atoms with van der Waals surface area (Å²) in [5, 5.41) is 0.604. The van der Waals surface area contributed by atoms with Gasteiger partial charge in [-0.1, -0.05) is 18.2 Å². The molecule has 0 radical (unpaired) electrons. The molecule has 0 aliphatic rings. The van der Waals surface area contributed by atoms with Gasteiger partial charge in [0.1, 0.15) is 0 Å². The third kappa shape index (κ3) is 4.15. The highest BCUT2D eigenvalue weighted by molar-refractivity contribution is 7.89. The first-order valence-corrected chi connectivity index (χ1v) is 9.92. The van der Waals surface area contributed by atoms with E-state index in [1.165, 1.54) is 7.11 Å². The van der Waals surface area contributed by atoms with Crippen molar-refractivity contribution in [2.75, 3.05) is 13.7 Å². The van der Waals surface area contributed by atoms with Gasteiger partial charge >= 0.3 is 5.97 Å². The summed E-state index contributed by atoms with van der Waals surface area (Å²) in [6.07, 6.45) is 2.15. The number of nitrogens with zero attached hydrogens (tertiary/aromatic N) is 1. The normalized spacial score (nSPS) is 11.5. The molecule has 0 atom stereocenters. The standard InChI is InChI=1S/C20H20N2O4S/c1-14-5-10-18(17-4-3-12-21-19(14)17)27(24,25)22-13-11-15-6-8-16(9-7-15)20(23)26-2/h3-10,12,22H,11,13H2,1-2H3. The van der Waals surface area contributed by atoms with Gasteiger partial charge < -0.3 is 4.74 Å². The minimum atomic E-state index is -3.66.